The molecule has 6 nitrogen and oxygen atoms in total. The van der Waals surface area contributed by atoms with E-state index >= 15 is 0 Å². The van der Waals surface area contributed by atoms with Crippen molar-refractivity contribution in [1.82, 2.24) is 10.2 Å². The van der Waals surface area contributed by atoms with Crippen LogP contribution >= 0.6 is 0 Å². The molecule has 1 N–H and O–H groups in total. The Balaban J connectivity index is 1.12. The minimum absolute atomic E-state index is 0.171. The molecular formula is C33H50FN3O3. The van der Waals surface area contributed by atoms with Crippen LogP contribution in [-0.4, -0.2) is 53.8 Å². The number of amides is 1. The molecule has 7 heteroatoms. The van der Waals surface area contributed by atoms with Gasteiger partial charge in [0.2, 0.25) is 0 Å². The number of hydrogen-bond acceptors (Lipinski definition) is 5. The van der Waals surface area contributed by atoms with Crippen LogP contribution in [0.2, 0.25) is 0 Å². The summed E-state index contributed by atoms with van der Waals surface area (Å²) < 4.78 is 14.2. The van der Waals surface area contributed by atoms with Gasteiger partial charge in [-0.15, -0.1) is 0 Å². The summed E-state index contributed by atoms with van der Waals surface area (Å²) in [5.41, 5.74) is 2.74. The van der Waals surface area contributed by atoms with Crippen LogP contribution in [0.15, 0.2) is 16.8 Å². The highest BCUT2D eigenvalue weighted by Crippen LogP contribution is 2.66. The molecule has 0 aromatic carbocycles. The third kappa shape index (κ3) is 4.96. The van der Waals surface area contributed by atoms with Crippen molar-refractivity contribution in [2.24, 2.45) is 39.7 Å². The van der Waals surface area contributed by atoms with E-state index in [4.69, 9.17) is 4.84 Å². The Labute approximate surface area is 239 Å². The first kappa shape index (κ1) is 28.4. The van der Waals surface area contributed by atoms with Gasteiger partial charge in [0.15, 0.2) is 5.78 Å². The third-order valence-electron chi connectivity index (χ3n) is 12.7. The molecule has 6 rings (SSSR count). The van der Waals surface area contributed by atoms with Gasteiger partial charge in [-0.1, -0.05) is 37.4 Å². The van der Waals surface area contributed by atoms with Crippen LogP contribution in [0, 0.1) is 34.5 Å². The maximum absolute atomic E-state index is 14.2. The fourth-order valence-corrected chi connectivity index (χ4v) is 10.4. The van der Waals surface area contributed by atoms with Gasteiger partial charge >= 0.3 is 6.09 Å². The van der Waals surface area contributed by atoms with Crippen molar-refractivity contribution in [2.45, 2.75) is 129 Å². The zero-order valence-electron chi connectivity index (χ0n) is 24.9. The predicted molar refractivity (Wildman–Crippen MR) is 155 cm³/mol. The molecule has 222 valence electrons. The number of ketones is 1. The van der Waals surface area contributed by atoms with Crippen molar-refractivity contribution in [3.05, 3.63) is 11.6 Å². The summed E-state index contributed by atoms with van der Waals surface area (Å²) in [6.45, 7) is 8.20. The van der Waals surface area contributed by atoms with Crippen molar-refractivity contribution in [3.63, 3.8) is 0 Å². The van der Waals surface area contributed by atoms with E-state index < -0.39 is 6.17 Å². The molecule has 0 bridgehead atoms. The van der Waals surface area contributed by atoms with Crippen LogP contribution in [0.4, 0.5) is 9.18 Å². The third-order valence-corrected chi connectivity index (χ3v) is 12.7. The van der Waals surface area contributed by atoms with E-state index in [2.05, 4.69) is 31.2 Å². The second-order valence-electron chi connectivity index (χ2n) is 14.5. The molecule has 6 aliphatic rings. The summed E-state index contributed by atoms with van der Waals surface area (Å²) in [7, 11) is 0. The van der Waals surface area contributed by atoms with Gasteiger partial charge < -0.3 is 10.2 Å². The molecule has 0 radical (unpaired) electrons. The quantitative estimate of drug-likeness (QED) is 0.218. The van der Waals surface area contributed by atoms with Gasteiger partial charge in [-0.05, 0) is 119 Å². The maximum atomic E-state index is 14.2. The standard InChI is InChI=1S/C33H50FN3O3/c1-21(36-40-31(39)37(23-6-4-5-7-23)19-15-30-29(34)14-18-35-30)26-10-11-27-25-9-8-22-20-24(38)12-16-32(22,2)28(25)13-17-33(26,27)3/h20,23,25-30,35H,4-19H2,1-3H3/b36-21+/t25-,26+,27-,28-,29?,30?,32-,33+/m0/s1. The SMILES string of the molecule is C/C(=N\OC(=O)N(CCC1NCCC1F)C1CCCC1)[C@H]1CC[C@H]2[C@@H]3CCC4=CC(=O)CC[C@]4(C)[C@H]3CC[C@]12C. The molecule has 0 aromatic rings. The minimum atomic E-state index is -0.831. The van der Waals surface area contributed by atoms with Crippen LogP contribution in [0.3, 0.4) is 0 Å². The number of carbonyl (C=O) groups excluding carboxylic acids is 2. The number of nitrogens with one attached hydrogen (secondary N) is 1. The number of fused-ring (bicyclic) bond motifs is 5. The van der Waals surface area contributed by atoms with Crippen molar-refractivity contribution in [1.29, 1.82) is 0 Å². The number of nitrogens with zero attached hydrogens (tertiary/aromatic N) is 2. The monoisotopic (exact) mass is 555 g/mol. The number of carbonyl (C=O) groups is 2. The fourth-order valence-electron chi connectivity index (χ4n) is 10.4. The van der Waals surface area contributed by atoms with Crippen molar-refractivity contribution >= 4 is 17.6 Å². The van der Waals surface area contributed by atoms with Gasteiger partial charge in [-0.2, -0.15) is 0 Å². The lowest BCUT2D eigenvalue weighted by Crippen LogP contribution is -2.51. The molecule has 2 unspecified atom stereocenters. The topological polar surface area (TPSA) is 71.0 Å². The average molecular weight is 556 g/mol. The Morgan fingerprint density at radius 1 is 1.07 bits per heavy atom. The van der Waals surface area contributed by atoms with E-state index in [1.165, 1.54) is 31.3 Å². The highest BCUT2D eigenvalue weighted by molar-refractivity contribution is 5.91. The van der Waals surface area contributed by atoms with Gasteiger partial charge in [-0.25, -0.2) is 9.18 Å². The number of halogens is 1. The summed E-state index contributed by atoms with van der Waals surface area (Å²) in [4.78, 5) is 33.0. The van der Waals surface area contributed by atoms with E-state index in [1.54, 1.807) is 0 Å². The molecule has 5 fully saturated rings. The Morgan fingerprint density at radius 2 is 1.88 bits per heavy atom. The fraction of sp³-hybridized carbons (Fsp3) is 0.848. The molecule has 1 heterocycles. The molecular weight excluding hydrogens is 505 g/mol. The van der Waals surface area contributed by atoms with E-state index in [9.17, 15) is 14.0 Å². The smallest absolute Gasteiger partial charge is 0.311 e. The van der Waals surface area contributed by atoms with Crippen molar-refractivity contribution < 1.29 is 18.8 Å². The number of alkyl halides is 1. The lowest BCUT2D eigenvalue weighted by atomic mass is 9.46. The number of allylic oxidation sites excluding steroid dienone is 1. The second kappa shape index (κ2) is 11.1. The first-order valence-corrected chi connectivity index (χ1v) is 16.3. The van der Waals surface area contributed by atoms with E-state index in [0.717, 1.165) is 50.7 Å². The van der Waals surface area contributed by atoms with Gasteiger partial charge in [-0.3, -0.25) is 9.63 Å². The lowest BCUT2D eigenvalue weighted by Gasteiger charge is -2.58. The van der Waals surface area contributed by atoms with Crippen LogP contribution in [0.25, 0.3) is 0 Å². The lowest BCUT2D eigenvalue weighted by molar-refractivity contribution is -0.117. The Morgan fingerprint density at radius 3 is 2.62 bits per heavy atom. The second-order valence-corrected chi connectivity index (χ2v) is 14.5. The number of hydrogen-bond donors (Lipinski definition) is 1. The van der Waals surface area contributed by atoms with Gasteiger partial charge in [0, 0.05) is 31.0 Å². The molecule has 4 saturated carbocycles. The van der Waals surface area contributed by atoms with E-state index in [0.29, 0.717) is 61.8 Å². The van der Waals surface area contributed by atoms with Crippen LogP contribution in [0.5, 0.6) is 0 Å². The summed E-state index contributed by atoms with van der Waals surface area (Å²) in [6, 6.07) is 0.00275. The molecule has 1 amide bonds. The Bertz CT molecular complexity index is 1050. The van der Waals surface area contributed by atoms with Crippen molar-refractivity contribution in [3.8, 4) is 0 Å². The first-order valence-electron chi connectivity index (χ1n) is 16.3. The molecule has 0 spiro atoms. The zero-order valence-corrected chi connectivity index (χ0v) is 24.9. The first-order chi connectivity index (χ1) is 19.2. The molecule has 8 atom stereocenters. The van der Waals surface area contributed by atoms with E-state index in [1.807, 2.05) is 11.0 Å². The molecule has 40 heavy (non-hydrogen) atoms. The summed E-state index contributed by atoms with van der Waals surface area (Å²) in [5.74, 6) is 2.69. The van der Waals surface area contributed by atoms with Gasteiger partial charge in [0.25, 0.3) is 0 Å². The van der Waals surface area contributed by atoms with Crippen LogP contribution < -0.4 is 5.32 Å². The van der Waals surface area contributed by atoms with E-state index in [-0.39, 0.29) is 29.0 Å². The number of oxime groups is 1. The summed E-state index contributed by atoms with van der Waals surface area (Å²) in [6.07, 6.45) is 14.9. The van der Waals surface area contributed by atoms with Crippen LogP contribution in [-0.2, 0) is 9.63 Å². The highest BCUT2D eigenvalue weighted by atomic mass is 19.1. The maximum Gasteiger partial charge on any atom is 0.436 e. The number of rotatable bonds is 6. The summed E-state index contributed by atoms with van der Waals surface area (Å²) in [5, 5.41) is 7.76. The predicted octanol–water partition coefficient (Wildman–Crippen LogP) is 6.98. The normalized spacial score (nSPS) is 41.8. The van der Waals surface area contributed by atoms with Crippen LogP contribution in [0.1, 0.15) is 111 Å². The van der Waals surface area contributed by atoms with Crippen molar-refractivity contribution in [2.75, 3.05) is 13.1 Å². The average Bonchev–Trinajstić information content (AvgIpc) is 3.68. The molecule has 5 aliphatic carbocycles. The minimum Gasteiger partial charge on any atom is -0.311 e. The largest absolute Gasteiger partial charge is 0.436 e. The van der Waals surface area contributed by atoms with Gasteiger partial charge in [0.05, 0.1) is 5.71 Å². The Hall–Kier alpha value is -1.76. The zero-order chi connectivity index (χ0) is 28.1. The highest BCUT2D eigenvalue weighted by Gasteiger charge is 2.59. The van der Waals surface area contributed by atoms with Gasteiger partial charge in [0.1, 0.15) is 6.17 Å². The Kier molecular flexibility index (Phi) is 7.90. The molecule has 0 aromatic heterocycles. The summed E-state index contributed by atoms with van der Waals surface area (Å²) >= 11 is 0. The molecule has 1 saturated heterocycles. The molecule has 1 aliphatic heterocycles.